The largest absolute Gasteiger partial charge is 0.497 e. The van der Waals surface area contributed by atoms with Crippen LogP contribution >= 0.6 is 0 Å². The van der Waals surface area contributed by atoms with E-state index in [1.165, 1.54) is 0 Å². The summed E-state index contributed by atoms with van der Waals surface area (Å²) in [4.78, 5) is 0. The number of nitrogens with zero attached hydrogens (tertiary/aromatic N) is 1. The number of rotatable bonds is 6. The lowest BCUT2D eigenvalue weighted by molar-refractivity contribution is 0.0969. The summed E-state index contributed by atoms with van der Waals surface area (Å²) < 4.78 is 37.8. The van der Waals surface area contributed by atoms with Gasteiger partial charge in [-0.05, 0) is 37.5 Å². The van der Waals surface area contributed by atoms with Crippen molar-refractivity contribution in [3.63, 3.8) is 0 Å². The monoisotopic (exact) mass is 327 g/mol. The van der Waals surface area contributed by atoms with Crippen molar-refractivity contribution >= 4 is 10.0 Å². The van der Waals surface area contributed by atoms with Crippen LogP contribution in [0.3, 0.4) is 0 Å². The second-order valence-electron chi connectivity index (χ2n) is 5.51. The summed E-state index contributed by atoms with van der Waals surface area (Å²) in [6, 6.07) is 7.38. The summed E-state index contributed by atoms with van der Waals surface area (Å²) in [6.07, 6.45) is 1.16. The van der Waals surface area contributed by atoms with Crippen LogP contribution in [0.25, 0.3) is 0 Å². The molecule has 0 saturated carbocycles. The fraction of sp³-hybridized carbons (Fsp3) is 0.625. The van der Waals surface area contributed by atoms with Crippen LogP contribution in [0.1, 0.15) is 38.3 Å². The van der Waals surface area contributed by atoms with Gasteiger partial charge >= 0.3 is 0 Å². The quantitative estimate of drug-likeness (QED) is 0.806. The topological polar surface area (TPSA) is 55.8 Å². The summed E-state index contributed by atoms with van der Waals surface area (Å²) in [5, 5.41) is -0.332. The van der Waals surface area contributed by atoms with Gasteiger partial charge in [-0.3, -0.25) is 0 Å². The molecule has 0 aliphatic carbocycles. The number of ether oxygens (including phenoxy) is 2. The maximum absolute atomic E-state index is 12.9. The van der Waals surface area contributed by atoms with Crippen molar-refractivity contribution in [2.75, 3.05) is 26.9 Å². The first-order valence-electron chi connectivity index (χ1n) is 7.73. The molecular formula is C16H25NO4S. The Morgan fingerprint density at radius 2 is 1.86 bits per heavy atom. The summed E-state index contributed by atoms with van der Waals surface area (Å²) in [6.45, 7) is 5.34. The molecule has 1 aliphatic heterocycles. The summed E-state index contributed by atoms with van der Waals surface area (Å²) in [5.41, 5.74) is 0.971. The Bertz CT molecular complexity index is 564. The molecule has 1 aliphatic rings. The molecule has 2 rings (SSSR count). The van der Waals surface area contributed by atoms with Crippen LogP contribution in [0, 0.1) is 0 Å². The Morgan fingerprint density at radius 1 is 1.27 bits per heavy atom. The first kappa shape index (κ1) is 17.2. The summed E-state index contributed by atoms with van der Waals surface area (Å²) >= 11 is 0. The minimum atomic E-state index is -3.32. The van der Waals surface area contributed by atoms with Crippen LogP contribution in [-0.2, 0) is 14.8 Å². The van der Waals surface area contributed by atoms with E-state index in [-0.39, 0.29) is 11.3 Å². The first-order valence-corrected chi connectivity index (χ1v) is 9.23. The maximum atomic E-state index is 12.9. The van der Waals surface area contributed by atoms with Gasteiger partial charge in [0.1, 0.15) is 5.75 Å². The van der Waals surface area contributed by atoms with Crippen LogP contribution < -0.4 is 4.74 Å². The molecule has 0 spiro atoms. The molecule has 0 aromatic heterocycles. The van der Waals surface area contributed by atoms with E-state index < -0.39 is 10.0 Å². The molecule has 6 heteroatoms. The minimum Gasteiger partial charge on any atom is -0.497 e. The molecule has 1 heterocycles. The van der Waals surface area contributed by atoms with Crippen molar-refractivity contribution in [3.05, 3.63) is 29.8 Å². The number of sulfonamides is 1. The Kier molecular flexibility index (Phi) is 5.83. The molecule has 1 aromatic rings. The van der Waals surface area contributed by atoms with E-state index in [2.05, 4.69) is 0 Å². The molecule has 0 radical (unpaired) electrons. The molecule has 0 N–H and O–H groups in total. The fourth-order valence-electron chi connectivity index (χ4n) is 2.89. The average molecular weight is 327 g/mol. The van der Waals surface area contributed by atoms with Gasteiger partial charge in [-0.2, -0.15) is 4.31 Å². The highest BCUT2D eigenvalue weighted by Gasteiger charge is 2.35. The van der Waals surface area contributed by atoms with Gasteiger partial charge in [0.25, 0.3) is 0 Å². The first-order chi connectivity index (χ1) is 10.5. The highest BCUT2D eigenvalue weighted by atomic mass is 32.2. The molecule has 0 amide bonds. The minimum absolute atomic E-state index is 0.191. The molecule has 1 saturated heterocycles. The van der Waals surface area contributed by atoms with Crippen LogP contribution in [0.5, 0.6) is 5.75 Å². The number of hydrogen-bond acceptors (Lipinski definition) is 4. The van der Waals surface area contributed by atoms with Gasteiger partial charge in [0.05, 0.1) is 12.4 Å². The van der Waals surface area contributed by atoms with Gasteiger partial charge in [-0.15, -0.1) is 0 Å². The van der Waals surface area contributed by atoms with Crippen molar-refractivity contribution in [3.8, 4) is 5.75 Å². The number of methoxy groups -OCH3 is 1. The van der Waals surface area contributed by atoms with E-state index in [0.29, 0.717) is 32.6 Å². The zero-order valence-electron chi connectivity index (χ0n) is 13.5. The fourth-order valence-corrected chi connectivity index (χ4v) is 4.98. The summed E-state index contributed by atoms with van der Waals surface area (Å²) in [5.74, 6) is 0.770. The molecule has 5 nitrogen and oxygen atoms in total. The van der Waals surface area contributed by atoms with E-state index in [9.17, 15) is 8.42 Å². The SMILES string of the molecule is CCN([C@@H](C)c1ccc(OC)cc1)S(=O)(=O)C1CCOCC1. The van der Waals surface area contributed by atoms with Gasteiger partial charge < -0.3 is 9.47 Å². The maximum Gasteiger partial charge on any atom is 0.217 e. The van der Waals surface area contributed by atoms with Crippen molar-refractivity contribution in [2.45, 2.75) is 38.0 Å². The lowest BCUT2D eigenvalue weighted by Gasteiger charge is -2.33. The van der Waals surface area contributed by atoms with Crippen molar-refractivity contribution in [1.29, 1.82) is 0 Å². The number of hydrogen-bond donors (Lipinski definition) is 0. The van der Waals surface area contributed by atoms with Crippen LogP contribution in [0.15, 0.2) is 24.3 Å². The van der Waals surface area contributed by atoms with Gasteiger partial charge in [0, 0.05) is 25.8 Å². The molecule has 22 heavy (non-hydrogen) atoms. The Labute approximate surface area is 133 Å². The molecule has 1 aromatic carbocycles. The van der Waals surface area contributed by atoms with Gasteiger partial charge in [-0.25, -0.2) is 8.42 Å². The standard InChI is InChI=1S/C16H25NO4S/c1-4-17(22(18,19)16-9-11-21-12-10-16)13(2)14-5-7-15(20-3)8-6-14/h5-8,13,16H,4,9-12H2,1-3H3/t13-/m0/s1. The zero-order chi connectivity index (χ0) is 16.2. The van der Waals surface area contributed by atoms with Gasteiger partial charge in [0.15, 0.2) is 0 Å². The smallest absolute Gasteiger partial charge is 0.217 e. The Hall–Kier alpha value is -1.11. The van der Waals surface area contributed by atoms with Gasteiger partial charge in [0.2, 0.25) is 10.0 Å². The van der Waals surface area contributed by atoms with E-state index in [1.807, 2.05) is 38.1 Å². The molecular weight excluding hydrogens is 302 g/mol. The average Bonchev–Trinajstić information content (AvgIpc) is 2.56. The van der Waals surface area contributed by atoms with E-state index in [0.717, 1.165) is 11.3 Å². The molecule has 1 fully saturated rings. The zero-order valence-corrected chi connectivity index (χ0v) is 14.3. The van der Waals surface area contributed by atoms with Crippen molar-refractivity contribution in [1.82, 2.24) is 4.31 Å². The normalized spacial score (nSPS) is 18.4. The van der Waals surface area contributed by atoms with E-state index in [4.69, 9.17) is 9.47 Å². The van der Waals surface area contributed by atoms with Gasteiger partial charge in [-0.1, -0.05) is 19.1 Å². The van der Waals surface area contributed by atoms with Crippen LogP contribution in [0.2, 0.25) is 0 Å². The third-order valence-electron chi connectivity index (χ3n) is 4.26. The molecule has 1 atom stereocenters. The predicted molar refractivity (Wildman–Crippen MR) is 86.5 cm³/mol. The summed E-state index contributed by atoms with van der Waals surface area (Å²) in [7, 11) is -1.70. The Morgan fingerprint density at radius 3 is 2.36 bits per heavy atom. The van der Waals surface area contributed by atoms with Crippen LogP contribution in [0.4, 0.5) is 0 Å². The Balaban J connectivity index is 2.21. The second kappa shape index (κ2) is 7.44. The highest BCUT2D eigenvalue weighted by Crippen LogP contribution is 2.29. The van der Waals surface area contributed by atoms with Crippen molar-refractivity contribution < 1.29 is 17.9 Å². The molecule has 124 valence electrons. The lowest BCUT2D eigenvalue weighted by Crippen LogP contribution is -2.42. The van der Waals surface area contributed by atoms with Crippen molar-refractivity contribution in [2.24, 2.45) is 0 Å². The number of benzene rings is 1. The third kappa shape index (κ3) is 3.62. The van der Waals surface area contributed by atoms with E-state index >= 15 is 0 Å². The van der Waals surface area contributed by atoms with E-state index in [1.54, 1.807) is 11.4 Å². The molecule has 0 unspecified atom stereocenters. The molecule has 0 bridgehead atoms. The third-order valence-corrected chi connectivity index (χ3v) is 6.80. The highest BCUT2D eigenvalue weighted by molar-refractivity contribution is 7.89. The predicted octanol–water partition coefficient (Wildman–Crippen LogP) is 2.59. The second-order valence-corrected chi connectivity index (χ2v) is 7.67. The van der Waals surface area contributed by atoms with Crippen LogP contribution in [-0.4, -0.2) is 44.8 Å². The lowest BCUT2D eigenvalue weighted by atomic mass is 10.1.